The van der Waals surface area contributed by atoms with E-state index in [9.17, 15) is 27.9 Å². The Morgan fingerprint density at radius 2 is 1.75 bits per heavy atom. The number of benzene rings is 1. The quantitative estimate of drug-likeness (QED) is 0.446. The van der Waals surface area contributed by atoms with Gasteiger partial charge in [0.2, 0.25) is 0 Å². The zero-order valence-electron chi connectivity index (χ0n) is 12.9. The van der Waals surface area contributed by atoms with Crippen LogP contribution in [0.4, 0.5) is 18.9 Å². The van der Waals surface area contributed by atoms with E-state index in [1.165, 1.54) is 0 Å². The van der Waals surface area contributed by atoms with Crippen LogP contribution in [0.5, 0.6) is 0 Å². The van der Waals surface area contributed by atoms with Crippen molar-refractivity contribution in [3.05, 3.63) is 29.6 Å². The zero-order chi connectivity index (χ0) is 17.7. The number of aliphatic hydroxyl groups excluding tert-OH is 1. The molecule has 8 heteroatoms. The van der Waals surface area contributed by atoms with Gasteiger partial charge in [0.25, 0.3) is 0 Å². The van der Waals surface area contributed by atoms with Crippen molar-refractivity contribution in [1.82, 2.24) is 5.32 Å². The summed E-state index contributed by atoms with van der Waals surface area (Å²) in [5, 5.41) is 13.8. The van der Waals surface area contributed by atoms with Gasteiger partial charge in [0, 0.05) is 18.6 Å². The minimum atomic E-state index is -1.72. The van der Waals surface area contributed by atoms with Gasteiger partial charge in [-0.2, -0.15) is 0 Å². The van der Waals surface area contributed by atoms with Gasteiger partial charge in [-0.15, -0.1) is 0 Å². The van der Waals surface area contributed by atoms with Crippen molar-refractivity contribution < 1.29 is 27.9 Å². The maximum absolute atomic E-state index is 13.5. The molecular formula is C16H19F3N2O3. The highest BCUT2D eigenvalue weighted by atomic mass is 19.2. The fourth-order valence-electron chi connectivity index (χ4n) is 2.83. The summed E-state index contributed by atoms with van der Waals surface area (Å²) in [6.45, 7) is -0.107. The molecule has 0 heterocycles. The van der Waals surface area contributed by atoms with E-state index >= 15 is 0 Å². The van der Waals surface area contributed by atoms with Crippen molar-refractivity contribution in [2.45, 2.75) is 38.1 Å². The molecular weight excluding hydrogens is 325 g/mol. The van der Waals surface area contributed by atoms with Crippen molar-refractivity contribution >= 4 is 17.5 Å². The van der Waals surface area contributed by atoms with Crippen LogP contribution in [0.1, 0.15) is 32.1 Å². The Labute approximate surface area is 137 Å². The first-order valence-electron chi connectivity index (χ1n) is 7.80. The second kappa shape index (κ2) is 8.14. The van der Waals surface area contributed by atoms with Crippen molar-refractivity contribution in [3.63, 3.8) is 0 Å². The zero-order valence-corrected chi connectivity index (χ0v) is 12.9. The summed E-state index contributed by atoms with van der Waals surface area (Å²) in [6, 6.07) is 1.13. The summed E-state index contributed by atoms with van der Waals surface area (Å²) in [5.41, 5.74) is -0.617. The van der Waals surface area contributed by atoms with Crippen LogP contribution in [0.3, 0.4) is 0 Å². The molecule has 1 saturated carbocycles. The number of hydrogen-bond acceptors (Lipinski definition) is 3. The van der Waals surface area contributed by atoms with E-state index in [1.54, 1.807) is 0 Å². The molecule has 0 aromatic heterocycles. The van der Waals surface area contributed by atoms with Gasteiger partial charge in [-0.3, -0.25) is 9.59 Å². The number of anilines is 1. The molecule has 2 rings (SSSR count). The fourth-order valence-corrected chi connectivity index (χ4v) is 2.83. The van der Waals surface area contributed by atoms with Gasteiger partial charge in [0.15, 0.2) is 17.5 Å². The third-order valence-electron chi connectivity index (χ3n) is 4.20. The first-order valence-corrected chi connectivity index (χ1v) is 7.80. The van der Waals surface area contributed by atoms with Crippen LogP contribution in [-0.4, -0.2) is 29.6 Å². The maximum atomic E-state index is 13.5. The Hall–Kier alpha value is -2.09. The van der Waals surface area contributed by atoms with Gasteiger partial charge in [-0.25, -0.2) is 13.2 Å². The van der Waals surface area contributed by atoms with Crippen molar-refractivity contribution in [3.8, 4) is 0 Å². The number of hydrogen-bond donors (Lipinski definition) is 3. The van der Waals surface area contributed by atoms with Crippen molar-refractivity contribution in [2.75, 3.05) is 11.9 Å². The van der Waals surface area contributed by atoms with Gasteiger partial charge in [-0.1, -0.05) is 19.3 Å². The van der Waals surface area contributed by atoms with E-state index in [0.29, 0.717) is 12.5 Å². The van der Waals surface area contributed by atoms with Crippen LogP contribution < -0.4 is 10.6 Å². The van der Waals surface area contributed by atoms with Crippen molar-refractivity contribution in [1.29, 1.82) is 0 Å². The van der Waals surface area contributed by atoms with Crippen LogP contribution in [0.15, 0.2) is 12.1 Å². The lowest BCUT2D eigenvalue weighted by molar-refractivity contribution is -0.137. The van der Waals surface area contributed by atoms with Gasteiger partial charge >= 0.3 is 11.8 Å². The molecule has 5 nitrogen and oxygen atoms in total. The number of halogens is 3. The molecule has 0 bridgehead atoms. The molecule has 3 N–H and O–H groups in total. The van der Waals surface area contributed by atoms with Gasteiger partial charge in [-0.05, 0) is 25.0 Å². The van der Waals surface area contributed by atoms with Crippen molar-refractivity contribution in [2.24, 2.45) is 5.92 Å². The molecule has 132 valence electrons. The summed E-state index contributed by atoms with van der Waals surface area (Å²) in [5.74, 6) is -7.02. The summed E-state index contributed by atoms with van der Waals surface area (Å²) >= 11 is 0. The van der Waals surface area contributed by atoms with Crippen LogP contribution in [0.25, 0.3) is 0 Å². The minimum Gasteiger partial charge on any atom is -0.396 e. The highest BCUT2D eigenvalue weighted by Crippen LogP contribution is 2.23. The van der Waals surface area contributed by atoms with E-state index in [-0.39, 0.29) is 18.6 Å². The van der Waals surface area contributed by atoms with E-state index in [4.69, 9.17) is 0 Å². The van der Waals surface area contributed by atoms with E-state index in [0.717, 1.165) is 31.7 Å². The summed E-state index contributed by atoms with van der Waals surface area (Å²) < 4.78 is 39.5. The molecule has 1 aliphatic carbocycles. The second-order valence-electron chi connectivity index (χ2n) is 5.84. The molecule has 2 atom stereocenters. The Bertz CT molecular complexity index is 625. The van der Waals surface area contributed by atoms with Gasteiger partial charge in [0.1, 0.15) is 0 Å². The van der Waals surface area contributed by atoms with Crippen LogP contribution in [-0.2, 0) is 9.59 Å². The first kappa shape index (κ1) is 18.3. The first-order chi connectivity index (χ1) is 11.4. The van der Waals surface area contributed by atoms with Crippen LogP contribution >= 0.6 is 0 Å². The summed E-state index contributed by atoms with van der Waals surface area (Å²) in [6.07, 6.45) is 4.14. The molecule has 1 aliphatic rings. The van der Waals surface area contributed by atoms with E-state index < -0.39 is 35.0 Å². The SMILES string of the molecule is O=C(Nc1ccc(F)c(F)c1F)C(=O)NC1CCCCCC1CO. The van der Waals surface area contributed by atoms with Gasteiger partial charge in [0.05, 0.1) is 5.69 Å². The predicted molar refractivity (Wildman–Crippen MR) is 80.5 cm³/mol. The monoisotopic (exact) mass is 344 g/mol. The number of carbonyl (C=O) groups excluding carboxylic acids is 2. The number of rotatable bonds is 3. The second-order valence-corrected chi connectivity index (χ2v) is 5.84. The fraction of sp³-hybridized carbons (Fsp3) is 0.500. The van der Waals surface area contributed by atoms with E-state index in [2.05, 4.69) is 5.32 Å². The highest BCUT2D eigenvalue weighted by Gasteiger charge is 2.27. The largest absolute Gasteiger partial charge is 0.396 e. The Balaban J connectivity index is 2.01. The molecule has 0 spiro atoms. The Morgan fingerprint density at radius 3 is 2.46 bits per heavy atom. The predicted octanol–water partition coefficient (Wildman–Crippen LogP) is 2.10. The molecule has 1 aromatic rings. The standard InChI is InChI=1S/C16H19F3N2O3/c17-10-6-7-12(14(19)13(10)18)21-16(24)15(23)20-11-5-3-1-2-4-9(11)8-22/h6-7,9,11,22H,1-5,8H2,(H,20,23)(H,21,24). The smallest absolute Gasteiger partial charge is 0.313 e. The third kappa shape index (κ3) is 4.25. The molecule has 1 fully saturated rings. The van der Waals surface area contributed by atoms with Crippen LogP contribution in [0.2, 0.25) is 0 Å². The maximum Gasteiger partial charge on any atom is 0.313 e. The number of nitrogens with one attached hydrogen (secondary N) is 2. The Morgan fingerprint density at radius 1 is 1.04 bits per heavy atom. The minimum absolute atomic E-state index is 0.107. The highest BCUT2D eigenvalue weighted by molar-refractivity contribution is 6.39. The lowest BCUT2D eigenvalue weighted by atomic mass is 9.95. The third-order valence-corrected chi connectivity index (χ3v) is 4.20. The molecule has 0 radical (unpaired) electrons. The summed E-state index contributed by atoms with van der Waals surface area (Å²) in [4.78, 5) is 23.8. The normalized spacial score (nSPS) is 21.0. The molecule has 0 aliphatic heterocycles. The average Bonchev–Trinajstić information content (AvgIpc) is 2.80. The average molecular weight is 344 g/mol. The number of aliphatic hydroxyl groups is 1. The molecule has 2 amide bonds. The molecule has 24 heavy (non-hydrogen) atoms. The Kier molecular flexibility index (Phi) is 6.19. The lowest BCUT2D eigenvalue weighted by Crippen LogP contribution is -2.46. The number of carbonyl (C=O) groups is 2. The topological polar surface area (TPSA) is 78.4 Å². The molecule has 2 unspecified atom stereocenters. The molecule has 1 aromatic carbocycles. The van der Waals surface area contributed by atoms with E-state index in [1.807, 2.05) is 5.32 Å². The van der Waals surface area contributed by atoms with Crippen LogP contribution in [0, 0.1) is 23.4 Å². The molecule has 0 saturated heterocycles. The summed E-state index contributed by atoms with van der Waals surface area (Å²) in [7, 11) is 0. The van der Waals surface area contributed by atoms with Gasteiger partial charge < -0.3 is 15.7 Å². The lowest BCUT2D eigenvalue weighted by Gasteiger charge is -2.24. The number of amides is 2.